The number of hydrogen-bond donors (Lipinski definition) is 1. The van der Waals surface area contributed by atoms with E-state index in [0.29, 0.717) is 52.2 Å². The van der Waals surface area contributed by atoms with Gasteiger partial charge in [0, 0.05) is 18.4 Å². The Morgan fingerprint density at radius 2 is 1.93 bits per heavy atom. The van der Waals surface area contributed by atoms with E-state index in [1.54, 1.807) is 11.3 Å². The van der Waals surface area contributed by atoms with Gasteiger partial charge in [-0.15, -0.1) is 0 Å². The van der Waals surface area contributed by atoms with E-state index in [9.17, 15) is 8.78 Å². The minimum absolute atomic E-state index is 0.135. The molecule has 4 nitrogen and oxygen atoms in total. The fourth-order valence-electron chi connectivity index (χ4n) is 10.7. The van der Waals surface area contributed by atoms with Gasteiger partial charge >= 0.3 is 0 Å². The third-order valence-corrected chi connectivity index (χ3v) is 13.8. The number of nitrogens with zero attached hydrogens (tertiary/aromatic N) is 1. The number of nitrogens with one attached hydrogen (secondary N) is 1. The largest absolute Gasteiger partial charge is 0.349 e. The molecule has 8 rings (SSSR count). The fraction of sp³-hybridized carbons (Fsp3) is 0.676. The normalized spacial score (nSPS) is 44.4. The zero-order chi connectivity index (χ0) is 28.3. The maximum Gasteiger partial charge on any atom is 0.188 e. The van der Waals surface area contributed by atoms with Crippen molar-refractivity contribution in [3.63, 3.8) is 0 Å². The summed E-state index contributed by atoms with van der Waals surface area (Å²) in [4.78, 5) is 6.14. The molecule has 1 aromatic carbocycles. The van der Waals surface area contributed by atoms with Gasteiger partial charge in [0.15, 0.2) is 10.9 Å². The Morgan fingerprint density at radius 1 is 1.07 bits per heavy atom. The van der Waals surface area contributed by atoms with Crippen molar-refractivity contribution in [2.24, 2.45) is 46.3 Å². The van der Waals surface area contributed by atoms with Gasteiger partial charge in [0.25, 0.3) is 0 Å². The number of thiazole rings is 1. The lowest BCUT2D eigenvalue weighted by atomic mass is 9.47. The van der Waals surface area contributed by atoms with Gasteiger partial charge in [0.1, 0.15) is 11.6 Å². The van der Waals surface area contributed by atoms with E-state index in [2.05, 4.69) is 39.1 Å². The molecule has 0 radical (unpaired) electrons. The van der Waals surface area contributed by atoms with E-state index in [-0.39, 0.29) is 16.9 Å². The third-order valence-electron chi connectivity index (χ3n) is 12.7. The topological polar surface area (TPSA) is 43.4 Å². The summed E-state index contributed by atoms with van der Waals surface area (Å²) in [5.41, 5.74) is 3.29. The predicted octanol–water partition coefficient (Wildman–Crippen LogP) is 8.75. The molecule has 0 unspecified atom stereocenters. The Kier molecular flexibility index (Phi) is 5.94. The Bertz CT molecular complexity index is 1420. The van der Waals surface area contributed by atoms with Crippen LogP contribution in [0.1, 0.15) is 83.2 Å². The molecule has 2 saturated heterocycles. The number of hydrogen-bond acceptors (Lipinski definition) is 5. The van der Waals surface area contributed by atoms with E-state index in [1.807, 2.05) is 0 Å². The van der Waals surface area contributed by atoms with Gasteiger partial charge in [-0.3, -0.25) is 0 Å². The number of rotatable bonds is 2. The van der Waals surface area contributed by atoms with Crippen LogP contribution in [0.3, 0.4) is 0 Å². The monoisotopic (exact) mass is 580 g/mol. The van der Waals surface area contributed by atoms with E-state index in [4.69, 9.17) is 14.5 Å². The lowest BCUT2D eigenvalue weighted by molar-refractivity contribution is -0.272. The van der Waals surface area contributed by atoms with Crippen molar-refractivity contribution < 1.29 is 18.3 Å². The first-order valence-corrected chi connectivity index (χ1v) is 16.7. The maximum atomic E-state index is 14.3. The zero-order valence-corrected chi connectivity index (χ0v) is 25.5. The van der Waals surface area contributed by atoms with Crippen LogP contribution in [0.25, 0.3) is 5.57 Å². The molecule has 10 atom stereocenters. The Morgan fingerprint density at radius 3 is 2.71 bits per heavy atom. The maximum absolute atomic E-state index is 14.3. The molecular weight excluding hydrogens is 538 g/mol. The first kappa shape index (κ1) is 26.8. The molecule has 0 bridgehead atoms. The minimum atomic E-state index is -0.594. The summed E-state index contributed by atoms with van der Waals surface area (Å²) in [6, 6.07) is 3.64. The van der Waals surface area contributed by atoms with Gasteiger partial charge in [0.05, 0.1) is 29.0 Å². The van der Waals surface area contributed by atoms with Crippen molar-refractivity contribution in [3.8, 4) is 0 Å². The van der Waals surface area contributed by atoms with E-state index >= 15 is 0 Å². The molecule has 0 amide bonds. The molecule has 220 valence electrons. The molecule has 41 heavy (non-hydrogen) atoms. The molecule has 1 aromatic heterocycles. The SMILES string of the molecule is C[C@@H]1CC[C@@]2(OC1)O[C@H]1C[C@H]3[C@@H]4CC=C5c6sc(Nc7ccc(F)cc7F)nc6CC[C@]5(C)[C@H]4CC[C@]3(C)[C@H]1[C@@H]2C. The van der Waals surface area contributed by atoms with Crippen molar-refractivity contribution in [2.45, 2.75) is 91.0 Å². The summed E-state index contributed by atoms with van der Waals surface area (Å²) < 4.78 is 41.2. The van der Waals surface area contributed by atoms with Crippen LogP contribution >= 0.6 is 11.3 Å². The summed E-state index contributed by atoms with van der Waals surface area (Å²) >= 11 is 1.63. The van der Waals surface area contributed by atoms with Crippen LogP contribution in [0.5, 0.6) is 0 Å². The number of ether oxygens (including phenoxy) is 2. The van der Waals surface area contributed by atoms with Gasteiger partial charge in [-0.25, -0.2) is 13.8 Å². The lowest BCUT2D eigenvalue weighted by Crippen LogP contribution is -2.51. The molecule has 1 N–H and O–H groups in total. The number of fused-ring (bicyclic) bond motifs is 9. The highest BCUT2D eigenvalue weighted by Crippen LogP contribution is 2.71. The lowest BCUT2D eigenvalue weighted by Gasteiger charge is -2.57. The van der Waals surface area contributed by atoms with Gasteiger partial charge in [-0.2, -0.15) is 0 Å². The molecule has 6 aliphatic rings. The van der Waals surface area contributed by atoms with Crippen LogP contribution in [0.2, 0.25) is 0 Å². The second-order valence-corrected chi connectivity index (χ2v) is 15.7. The minimum Gasteiger partial charge on any atom is -0.349 e. The Hall–Kier alpha value is -1.83. The van der Waals surface area contributed by atoms with Crippen LogP contribution in [0.4, 0.5) is 19.6 Å². The van der Waals surface area contributed by atoms with Crippen LogP contribution in [-0.4, -0.2) is 23.5 Å². The number of aryl methyl sites for hydroxylation is 1. The second kappa shape index (κ2) is 9.09. The van der Waals surface area contributed by atoms with Gasteiger partial charge < -0.3 is 14.8 Å². The summed E-state index contributed by atoms with van der Waals surface area (Å²) in [7, 11) is 0. The first-order valence-electron chi connectivity index (χ1n) is 15.9. The van der Waals surface area contributed by atoms with Gasteiger partial charge in [0.2, 0.25) is 0 Å². The number of allylic oxidation sites excluding steroid dienone is 2. The summed E-state index contributed by atoms with van der Waals surface area (Å²) in [5.74, 6) is 2.18. The first-order chi connectivity index (χ1) is 19.6. The van der Waals surface area contributed by atoms with Crippen LogP contribution in [0, 0.1) is 58.0 Å². The van der Waals surface area contributed by atoms with Gasteiger partial charge in [-0.05, 0) is 103 Å². The highest BCUT2D eigenvalue weighted by molar-refractivity contribution is 7.16. The van der Waals surface area contributed by atoms with Crippen molar-refractivity contribution >= 4 is 27.7 Å². The smallest absolute Gasteiger partial charge is 0.188 e. The highest BCUT2D eigenvalue weighted by Gasteiger charge is 2.68. The Labute approximate surface area is 246 Å². The molecule has 4 aliphatic carbocycles. The Balaban J connectivity index is 1.06. The number of halogens is 2. The van der Waals surface area contributed by atoms with Crippen molar-refractivity contribution in [1.29, 1.82) is 0 Å². The number of anilines is 2. The van der Waals surface area contributed by atoms with Crippen molar-refractivity contribution in [3.05, 3.63) is 46.5 Å². The number of aromatic nitrogens is 1. The molecule has 2 aromatic rings. The van der Waals surface area contributed by atoms with E-state index < -0.39 is 11.6 Å². The molecule has 4 fully saturated rings. The summed E-state index contributed by atoms with van der Waals surface area (Å²) in [6.07, 6.45) is 12.0. The number of benzene rings is 1. The molecule has 1 spiro atoms. The van der Waals surface area contributed by atoms with Crippen LogP contribution in [0.15, 0.2) is 24.3 Å². The average Bonchev–Trinajstić information content (AvgIpc) is 3.56. The second-order valence-electron chi connectivity index (χ2n) is 14.7. The summed E-state index contributed by atoms with van der Waals surface area (Å²) in [5, 5.41) is 3.81. The standard InChI is InChI=1S/C34H42F2N2O2S/c1-18-9-14-34(39-17-18)19(2)29-28(40-34)16-24-21-6-7-23-30-27(11-13-32(23,3)22(21)10-12-33(24,29)4)38-31(41-30)37-26-8-5-20(35)15-25(26)36/h5,7-8,15,18-19,21-22,24,28-29H,6,9-14,16-17H2,1-4H3,(H,37,38)/t18-,19+,21-,22+,24+,28+,29+,32-,33+,34-/m1/s1. The quantitative estimate of drug-likeness (QED) is 0.386. The molecular formula is C34H42F2N2O2S. The third kappa shape index (κ3) is 3.76. The molecule has 2 aliphatic heterocycles. The van der Waals surface area contributed by atoms with Gasteiger partial charge in [-0.1, -0.05) is 45.1 Å². The van der Waals surface area contributed by atoms with E-state index in [1.165, 1.54) is 48.3 Å². The van der Waals surface area contributed by atoms with Crippen LogP contribution < -0.4 is 5.32 Å². The summed E-state index contributed by atoms with van der Waals surface area (Å²) in [6.45, 7) is 10.7. The van der Waals surface area contributed by atoms with Crippen molar-refractivity contribution in [2.75, 3.05) is 11.9 Å². The average molecular weight is 581 g/mol. The van der Waals surface area contributed by atoms with Crippen molar-refractivity contribution in [1.82, 2.24) is 4.98 Å². The fourth-order valence-corrected chi connectivity index (χ4v) is 11.9. The van der Waals surface area contributed by atoms with Crippen LogP contribution in [-0.2, 0) is 15.9 Å². The highest BCUT2D eigenvalue weighted by atomic mass is 32.1. The zero-order valence-electron chi connectivity index (χ0n) is 24.6. The molecule has 2 saturated carbocycles. The predicted molar refractivity (Wildman–Crippen MR) is 158 cm³/mol. The molecule has 7 heteroatoms. The molecule has 3 heterocycles. The van der Waals surface area contributed by atoms with E-state index in [0.717, 1.165) is 44.1 Å².